The number of hydrogen-bond donors (Lipinski definition) is 4. The molecule has 40 heavy (non-hydrogen) atoms. The van der Waals surface area contributed by atoms with Crippen molar-refractivity contribution in [2.75, 3.05) is 5.32 Å². The highest BCUT2D eigenvalue weighted by Gasteiger charge is 2.28. The minimum absolute atomic E-state index is 0.0127. The molecule has 9 nitrogen and oxygen atoms in total. The van der Waals surface area contributed by atoms with Crippen LogP contribution >= 0.6 is 0 Å². The number of carboxylic acid groups (broad SMARTS) is 1. The number of nitrogens with zero attached hydrogens (tertiary/aromatic N) is 2. The number of anilines is 1. The lowest BCUT2D eigenvalue weighted by atomic mass is 9.94. The van der Waals surface area contributed by atoms with Crippen LogP contribution in [-0.4, -0.2) is 37.5 Å². The SMILES string of the molecule is Cc1cc(C)c(S(=O)(=O)N[C@@H](Cc2ccc(-c3cccc(NC(=NC4CCC4)NC#N)c3)cc2)C(=O)O)c(C)c1. The second kappa shape index (κ2) is 12.3. The molecule has 208 valence electrons. The summed E-state index contributed by atoms with van der Waals surface area (Å²) in [6, 6.07) is 17.4. The first kappa shape index (κ1) is 28.8. The third-order valence-electron chi connectivity index (χ3n) is 6.88. The van der Waals surface area contributed by atoms with Crippen molar-refractivity contribution in [3.8, 4) is 17.3 Å². The first-order valence-electron chi connectivity index (χ1n) is 13.1. The van der Waals surface area contributed by atoms with E-state index in [9.17, 15) is 18.3 Å². The summed E-state index contributed by atoms with van der Waals surface area (Å²) < 4.78 is 28.7. The molecule has 10 heteroatoms. The van der Waals surface area contributed by atoms with E-state index in [1.807, 2.05) is 49.5 Å². The van der Waals surface area contributed by atoms with E-state index in [0.29, 0.717) is 22.6 Å². The number of hydrogen-bond acceptors (Lipinski definition) is 5. The maximum absolute atomic E-state index is 13.1. The van der Waals surface area contributed by atoms with E-state index in [4.69, 9.17) is 5.26 Å². The maximum atomic E-state index is 13.1. The highest BCUT2D eigenvalue weighted by atomic mass is 32.2. The van der Waals surface area contributed by atoms with Gasteiger partial charge in [0.1, 0.15) is 6.04 Å². The van der Waals surface area contributed by atoms with Crippen LogP contribution in [0, 0.1) is 32.2 Å². The average molecular weight is 560 g/mol. The number of rotatable bonds is 9. The first-order chi connectivity index (χ1) is 19.1. The zero-order valence-corrected chi connectivity index (χ0v) is 23.5. The predicted molar refractivity (Wildman–Crippen MR) is 155 cm³/mol. The number of nitrogens with one attached hydrogen (secondary N) is 3. The summed E-state index contributed by atoms with van der Waals surface area (Å²) >= 11 is 0. The highest BCUT2D eigenvalue weighted by molar-refractivity contribution is 7.89. The summed E-state index contributed by atoms with van der Waals surface area (Å²) in [4.78, 5) is 16.7. The third-order valence-corrected chi connectivity index (χ3v) is 8.66. The van der Waals surface area contributed by atoms with Gasteiger partial charge in [0.25, 0.3) is 0 Å². The first-order valence-corrected chi connectivity index (χ1v) is 14.6. The molecule has 0 bridgehead atoms. The van der Waals surface area contributed by atoms with E-state index in [-0.39, 0.29) is 17.4 Å². The summed E-state index contributed by atoms with van der Waals surface area (Å²) in [5.41, 5.74) is 5.34. The van der Waals surface area contributed by atoms with Gasteiger partial charge < -0.3 is 10.4 Å². The van der Waals surface area contributed by atoms with Crippen LogP contribution in [0.15, 0.2) is 70.6 Å². The number of aliphatic imine (C=N–C) groups is 1. The van der Waals surface area contributed by atoms with Crippen LogP contribution in [0.5, 0.6) is 0 Å². The molecule has 1 aliphatic carbocycles. The van der Waals surface area contributed by atoms with Gasteiger partial charge in [-0.05, 0) is 86.4 Å². The Balaban J connectivity index is 1.48. The summed E-state index contributed by atoms with van der Waals surface area (Å²) in [6.07, 6.45) is 5.08. The largest absolute Gasteiger partial charge is 0.480 e. The van der Waals surface area contributed by atoms with Crippen molar-refractivity contribution in [1.82, 2.24) is 10.0 Å². The average Bonchev–Trinajstić information content (AvgIpc) is 2.85. The van der Waals surface area contributed by atoms with Gasteiger partial charge >= 0.3 is 5.97 Å². The van der Waals surface area contributed by atoms with Crippen LogP contribution in [0.3, 0.4) is 0 Å². The molecule has 0 radical (unpaired) electrons. The Morgan fingerprint density at radius 1 is 1.05 bits per heavy atom. The van der Waals surface area contributed by atoms with E-state index in [2.05, 4.69) is 20.3 Å². The molecule has 1 aliphatic rings. The Labute approximate surface area is 235 Å². The number of guanidine groups is 1. The fourth-order valence-electron chi connectivity index (χ4n) is 4.85. The molecule has 1 atom stereocenters. The van der Waals surface area contributed by atoms with Gasteiger partial charge in [-0.1, -0.05) is 54.1 Å². The van der Waals surface area contributed by atoms with Crippen LogP contribution in [0.1, 0.15) is 41.5 Å². The van der Waals surface area contributed by atoms with Gasteiger partial charge in [-0.2, -0.15) is 9.98 Å². The monoisotopic (exact) mass is 559 g/mol. The second-order valence-corrected chi connectivity index (χ2v) is 11.8. The molecule has 3 aromatic rings. The van der Waals surface area contributed by atoms with Crippen molar-refractivity contribution < 1.29 is 18.3 Å². The quantitative estimate of drug-likeness (QED) is 0.129. The van der Waals surface area contributed by atoms with Crippen molar-refractivity contribution in [3.63, 3.8) is 0 Å². The molecule has 4 rings (SSSR count). The summed E-state index contributed by atoms with van der Waals surface area (Å²) in [7, 11) is -4.05. The van der Waals surface area contributed by atoms with Crippen molar-refractivity contribution in [1.29, 1.82) is 5.26 Å². The summed E-state index contributed by atoms with van der Waals surface area (Å²) in [6.45, 7) is 5.29. The van der Waals surface area contributed by atoms with Crippen LogP contribution in [-0.2, 0) is 21.2 Å². The summed E-state index contributed by atoms with van der Waals surface area (Å²) in [5, 5.41) is 24.7. The minimum Gasteiger partial charge on any atom is -0.480 e. The van der Waals surface area contributed by atoms with Gasteiger partial charge in [0, 0.05) is 5.69 Å². The number of carbonyl (C=O) groups is 1. The van der Waals surface area contributed by atoms with Gasteiger partial charge in [-0.25, -0.2) is 13.4 Å². The normalized spacial score (nSPS) is 14.6. The van der Waals surface area contributed by atoms with Gasteiger partial charge in [-0.15, -0.1) is 0 Å². The zero-order chi connectivity index (χ0) is 28.9. The van der Waals surface area contributed by atoms with Crippen molar-refractivity contribution >= 4 is 27.6 Å². The highest BCUT2D eigenvalue weighted by Crippen LogP contribution is 2.26. The predicted octanol–water partition coefficient (Wildman–Crippen LogP) is 4.64. The molecule has 0 aliphatic heterocycles. The van der Waals surface area contributed by atoms with E-state index in [1.54, 1.807) is 38.1 Å². The van der Waals surface area contributed by atoms with Gasteiger partial charge in [0.05, 0.1) is 10.9 Å². The minimum atomic E-state index is -4.05. The second-order valence-electron chi connectivity index (χ2n) is 10.1. The van der Waals surface area contributed by atoms with E-state index >= 15 is 0 Å². The summed E-state index contributed by atoms with van der Waals surface area (Å²) in [5.74, 6) is -0.836. The lowest BCUT2D eigenvalue weighted by molar-refractivity contribution is -0.138. The molecule has 4 N–H and O–H groups in total. The number of aliphatic carboxylic acids is 1. The van der Waals surface area contributed by atoms with E-state index in [1.165, 1.54) is 0 Å². The molecule has 0 unspecified atom stereocenters. The standard InChI is InChI=1S/C30H33N5O4S/c1-19-14-20(2)28(21(3)15-19)40(38,39)35-27(29(36)37)16-22-10-12-23(13-11-22)24-6-4-9-26(17-24)34-30(32-18-31)33-25-7-5-8-25/h4,6,9-15,17,25,27,35H,5,7-8,16H2,1-3H3,(H,36,37)(H2,32,33,34)/t27-/m0/s1. The Kier molecular flexibility index (Phi) is 8.87. The van der Waals surface area contributed by atoms with Crippen molar-refractivity contribution in [2.24, 2.45) is 4.99 Å². The number of sulfonamides is 1. The molecule has 0 spiro atoms. The van der Waals surface area contributed by atoms with Crippen molar-refractivity contribution in [3.05, 3.63) is 82.9 Å². The fourth-order valence-corrected chi connectivity index (χ4v) is 6.49. The number of carboxylic acids is 1. The Morgan fingerprint density at radius 3 is 2.30 bits per heavy atom. The fraction of sp³-hybridized carbons (Fsp3) is 0.300. The van der Waals surface area contributed by atoms with Crippen LogP contribution in [0.2, 0.25) is 0 Å². The molecule has 0 heterocycles. The Morgan fingerprint density at radius 2 is 1.73 bits per heavy atom. The van der Waals surface area contributed by atoms with Crippen LogP contribution < -0.4 is 15.4 Å². The number of benzene rings is 3. The van der Waals surface area contributed by atoms with Crippen LogP contribution in [0.25, 0.3) is 11.1 Å². The molecule has 0 saturated heterocycles. The Bertz CT molecular complexity index is 1550. The van der Waals surface area contributed by atoms with Gasteiger partial charge in [0.15, 0.2) is 6.19 Å². The van der Waals surface area contributed by atoms with Gasteiger partial charge in [-0.3, -0.25) is 10.1 Å². The third kappa shape index (κ3) is 7.05. The molecule has 0 amide bonds. The van der Waals surface area contributed by atoms with Crippen LogP contribution in [0.4, 0.5) is 5.69 Å². The molecule has 1 fully saturated rings. The molecule has 1 saturated carbocycles. The molecular weight excluding hydrogens is 526 g/mol. The molecule has 0 aromatic heterocycles. The zero-order valence-electron chi connectivity index (χ0n) is 22.7. The Hall–Kier alpha value is -4.20. The van der Waals surface area contributed by atoms with E-state index in [0.717, 1.165) is 41.6 Å². The number of nitriles is 1. The lowest BCUT2D eigenvalue weighted by Crippen LogP contribution is -2.42. The molecule has 3 aromatic carbocycles. The lowest BCUT2D eigenvalue weighted by Gasteiger charge is -2.22. The van der Waals surface area contributed by atoms with Crippen molar-refractivity contribution in [2.45, 2.75) is 63.4 Å². The van der Waals surface area contributed by atoms with E-state index < -0.39 is 22.0 Å². The molecular formula is C30H33N5O4S. The topological polar surface area (TPSA) is 144 Å². The maximum Gasteiger partial charge on any atom is 0.322 e. The number of aryl methyl sites for hydroxylation is 3. The van der Waals surface area contributed by atoms with Gasteiger partial charge in [0.2, 0.25) is 16.0 Å². The smallest absolute Gasteiger partial charge is 0.322 e.